The molecule has 1 aromatic carbocycles. The van der Waals surface area contributed by atoms with Crippen LogP contribution in [0.3, 0.4) is 0 Å². The van der Waals surface area contributed by atoms with E-state index < -0.39 is 11.8 Å². The Labute approximate surface area is 133 Å². The van der Waals surface area contributed by atoms with Gasteiger partial charge in [-0.25, -0.2) is 0 Å². The van der Waals surface area contributed by atoms with E-state index in [-0.39, 0.29) is 10.7 Å². The molecule has 2 N–H and O–H groups in total. The second kappa shape index (κ2) is 6.69. The Morgan fingerprint density at radius 3 is 2.29 bits per heavy atom. The summed E-state index contributed by atoms with van der Waals surface area (Å²) >= 11 is 10.4. The summed E-state index contributed by atoms with van der Waals surface area (Å²) in [7, 11) is 1.94. The van der Waals surface area contributed by atoms with Gasteiger partial charge < -0.3 is 4.90 Å². The van der Waals surface area contributed by atoms with Gasteiger partial charge in [0.2, 0.25) is 0 Å². The van der Waals surface area contributed by atoms with Crippen LogP contribution in [0.15, 0.2) is 29.8 Å². The molecule has 7 heteroatoms. The van der Waals surface area contributed by atoms with Gasteiger partial charge in [-0.1, -0.05) is 12.1 Å². The minimum atomic E-state index is -0.493. The third-order valence-corrected chi connectivity index (χ3v) is 3.38. The Morgan fingerprint density at radius 2 is 1.76 bits per heavy atom. The van der Waals surface area contributed by atoms with Crippen molar-refractivity contribution in [2.24, 2.45) is 0 Å². The predicted molar refractivity (Wildman–Crippen MR) is 87.3 cm³/mol. The van der Waals surface area contributed by atoms with Crippen molar-refractivity contribution in [3.05, 3.63) is 35.4 Å². The Hall–Kier alpha value is -1.92. The molecular weight excluding hydrogens is 310 g/mol. The van der Waals surface area contributed by atoms with Gasteiger partial charge in [0, 0.05) is 25.2 Å². The molecule has 1 saturated heterocycles. The van der Waals surface area contributed by atoms with Gasteiger partial charge in [-0.2, -0.15) is 0 Å². The molecule has 1 aliphatic rings. The van der Waals surface area contributed by atoms with Crippen LogP contribution in [0.4, 0.5) is 5.69 Å². The topological polar surface area (TPSA) is 61.4 Å². The molecule has 21 heavy (non-hydrogen) atoms. The Bertz CT molecular complexity index is 591. The maximum atomic E-state index is 11.7. The molecule has 0 spiro atoms. The quantitative estimate of drug-likeness (QED) is 0.379. The number of carbonyl (C=O) groups excluding carboxylic acids is 2. The van der Waals surface area contributed by atoms with Gasteiger partial charge in [0.1, 0.15) is 5.57 Å². The summed E-state index contributed by atoms with van der Waals surface area (Å²) in [5.74, 6) is -0.443. The van der Waals surface area contributed by atoms with Crippen LogP contribution in [0.25, 0.3) is 6.08 Å². The van der Waals surface area contributed by atoms with E-state index in [9.17, 15) is 9.59 Å². The van der Waals surface area contributed by atoms with Gasteiger partial charge in [-0.05, 0) is 36.0 Å². The molecule has 5 nitrogen and oxygen atoms in total. The van der Waals surface area contributed by atoms with Crippen LogP contribution in [0.5, 0.6) is 0 Å². The number of nitrogens with zero attached hydrogens (tertiary/aromatic N) is 1. The fraction of sp³-hybridized carbons (Fsp3) is 0.214. The van der Waals surface area contributed by atoms with Gasteiger partial charge >= 0.3 is 0 Å². The van der Waals surface area contributed by atoms with Crippen LogP contribution in [0.2, 0.25) is 0 Å². The first-order valence-electron chi connectivity index (χ1n) is 6.27. The number of hydrogen-bond acceptors (Lipinski definition) is 4. The van der Waals surface area contributed by atoms with Crippen molar-refractivity contribution in [3.63, 3.8) is 0 Å². The zero-order valence-electron chi connectivity index (χ0n) is 11.4. The van der Waals surface area contributed by atoms with Gasteiger partial charge in [-0.15, -0.1) is 11.6 Å². The molecule has 0 bridgehead atoms. The molecule has 0 unspecified atom stereocenters. The van der Waals surface area contributed by atoms with Crippen molar-refractivity contribution >= 4 is 52.5 Å². The lowest BCUT2D eigenvalue weighted by Crippen LogP contribution is -2.51. The molecule has 0 aromatic heterocycles. The molecular formula is C14H14ClN3O2S. The maximum absolute atomic E-state index is 11.7. The van der Waals surface area contributed by atoms with Crippen LogP contribution in [0.1, 0.15) is 5.56 Å². The van der Waals surface area contributed by atoms with Crippen molar-refractivity contribution in [3.8, 4) is 0 Å². The number of amides is 2. The average Bonchev–Trinajstić information content (AvgIpc) is 2.43. The minimum Gasteiger partial charge on any atom is -0.373 e. The molecule has 2 amide bonds. The fourth-order valence-corrected chi connectivity index (χ4v) is 2.29. The number of nitrogens with one attached hydrogen (secondary N) is 2. The molecule has 1 aliphatic heterocycles. The van der Waals surface area contributed by atoms with Crippen LogP contribution in [-0.4, -0.2) is 36.4 Å². The van der Waals surface area contributed by atoms with Crippen LogP contribution < -0.4 is 15.5 Å². The molecule has 0 aliphatic carbocycles. The van der Waals surface area contributed by atoms with Crippen LogP contribution in [0, 0.1) is 0 Å². The number of anilines is 1. The summed E-state index contributed by atoms with van der Waals surface area (Å²) in [6.45, 7) is 0.740. The third kappa shape index (κ3) is 3.80. The van der Waals surface area contributed by atoms with E-state index in [1.165, 1.54) is 6.08 Å². The largest absolute Gasteiger partial charge is 0.373 e. The van der Waals surface area contributed by atoms with Crippen molar-refractivity contribution in [1.82, 2.24) is 10.6 Å². The minimum absolute atomic E-state index is 0.0280. The zero-order valence-corrected chi connectivity index (χ0v) is 12.9. The number of rotatable bonds is 4. The first-order valence-corrected chi connectivity index (χ1v) is 7.21. The SMILES string of the molecule is CN(CCCl)c1ccc(C=C2C(=O)NC(=S)NC2=O)cc1. The van der Waals surface area contributed by atoms with E-state index in [4.69, 9.17) is 23.8 Å². The van der Waals surface area contributed by atoms with E-state index in [1.54, 1.807) is 0 Å². The fourth-order valence-electron chi connectivity index (χ4n) is 1.85. The second-order valence-corrected chi connectivity index (χ2v) is 5.28. The highest BCUT2D eigenvalue weighted by Crippen LogP contribution is 2.16. The lowest BCUT2D eigenvalue weighted by Gasteiger charge is -2.18. The van der Waals surface area contributed by atoms with Gasteiger partial charge in [0.15, 0.2) is 5.11 Å². The van der Waals surface area contributed by atoms with Crippen molar-refractivity contribution in [2.45, 2.75) is 0 Å². The van der Waals surface area contributed by atoms with Gasteiger partial charge in [-0.3, -0.25) is 20.2 Å². The Balaban J connectivity index is 2.19. The molecule has 2 rings (SSSR count). The van der Waals surface area contributed by atoms with Crippen LogP contribution in [-0.2, 0) is 9.59 Å². The van der Waals surface area contributed by atoms with E-state index in [0.29, 0.717) is 5.88 Å². The summed E-state index contributed by atoms with van der Waals surface area (Å²) in [5, 5.41) is 4.82. The number of alkyl halides is 1. The molecule has 110 valence electrons. The van der Waals surface area contributed by atoms with E-state index >= 15 is 0 Å². The Kier molecular flexibility index (Phi) is 4.93. The summed E-state index contributed by atoms with van der Waals surface area (Å²) in [6.07, 6.45) is 1.53. The maximum Gasteiger partial charge on any atom is 0.263 e. The highest BCUT2D eigenvalue weighted by Gasteiger charge is 2.25. The monoisotopic (exact) mass is 323 g/mol. The number of carbonyl (C=O) groups is 2. The predicted octanol–water partition coefficient (Wildman–Crippen LogP) is 1.28. The molecule has 1 fully saturated rings. The highest BCUT2D eigenvalue weighted by atomic mass is 35.5. The van der Waals surface area contributed by atoms with E-state index in [1.807, 2.05) is 36.2 Å². The summed E-state index contributed by atoms with van der Waals surface area (Å²) in [6, 6.07) is 7.48. The van der Waals surface area contributed by atoms with Crippen molar-refractivity contribution in [1.29, 1.82) is 0 Å². The zero-order chi connectivity index (χ0) is 15.4. The number of halogens is 1. The van der Waals surface area contributed by atoms with E-state index in [2.05, 4.69) is 10.6 Å². The van der Waals surface area contributed by atoms with Crippen molar-refractivity contribution < 1.29 is 9.59 Å². The second-order valence-electron chi connectivity index (χ2n) is 4.50. The van der Waals surface area contributed by atoms with Gasteiger partial charge in [0.05, 0.1) is 0 Å². The number of benzene rings is 1. The number of thiocarbonyl (C=S) groups is 1. The smallest absolute Gasteiger partial charge is 0.263 e. The standard InChI is InChI=1S/C14H14ClN3O2S/c1-18(7-6-15)10-4-2-9(3-5-10)8-11-12(19)16-14(21)17-13(11)20/h2-5,8H,6-7H2,1H3,(H2,16,17,19,20,21). The van der Waals surface area contributed by atoms with Gasteiger partial charge in [0.25, 0.3) is 11.8 Å². The van der Waals surface area contributed by atoms with E-state index in [0.717, 1.165) is 17.8 Å². The average molecular weight is 324 g/mol. The molecule has 1 aromatic rings. The Morgan fingerprint density at radius 1 is 1.19 bits per heavy atom. The lowest BCUT2D eigenvalue weighted by molar-refractivity contribution is -0.123. The summed E-state index contributed by atoms with van der Waals surface area (Å²) in [5.41, 5.74) is 1.80. The van der Waals surface area contributed by atoms with Crippen molar-refractivity contribution in [2.75, 3.05) is 24.4 Å². The molecule has 1 heterocycles. The van der Waals surface area contributed by atoms with Crippen LogP contribution >= 0.6 is 23.8 Å². The highest BCUT2D eigenvalue weighted by molar-refractivity contribution is 7.80. The molecule has 0 saturated carbocycles. The lowest BCUT2D eigenvalue weighted by atomic mass is 10.1. The summed E-state index contributed by atoms with van der Waals surface area (Å²) in [4.78, 5) is 25.5. The molecule has 0 radical (unpaired) electrons. The summed E-state index contributed by atoms with van der Waals surface area (Å²) < 4.78 is 0. The number of hydrogen-bond donors (Lipinski definition) is 2. The first kappa shape index (κ1) is 15.5. The molecule has 0 atom stereocenters. The first-order chi connectivity index (χ1) is 10.0. The third-order valence-electron chi connectivity index (χ3n) is 3.01. The normalized spacial score (nSPS) is 14.6.